The van der Waals surface area contributed by atoms with Crippen molar-refractivity contribution in [2.24, 2.45) is 0 Å². The molecule has 0 atom stereocenters. The van der Waals surface area contributed by atoms with Gasteiger partial charge in [0.25, 0.3) is 0 Å². The first-order valence-corrected chi connectivity index (χ1v) is 11.8. The fraction of sp³-hybridized carbons (Fsp3) is 1.00. The molecule has 0 fully saturated rings. The first kappa shape index (κ1) is 17.1. The third-order valence-corrected chi connectivity index (χ3v) is 7.45. The van der Waals surface area contributed by atoms with Gasteiger partial charge >= 0.3 is 0 Å². The maximum atomic E-state index is 5.63. The summed E-state index contributed by atoms with van der Waals surface area (Å²) >= 11 is 0. The summed E-state index contributed by atoms with van der Waals surface area (Å²) in [6.07, 6.45) is 3.12. The van der Waals surface area contributed by atoms with Crippen LogP contribution in [0.25, 0.3) is 0 Å². The van der Waals surface area contributed by atoms with Gasteiger partial charge in [-0.05, 0) is 38.8 Å². The molecule has 0 spiro atoms. The van der Waals surface area contributed by atoms with Crippen molar-refractivity contribution in [2.75, 3.05) is 18.6 Å². The van der Waals surface area contributed by atoms with Crippen molar-refractivity contribution in [2.45, 2.75) is 44.9 Å². The molecule has 0 radical (unpaired) electrons. The highest BCUT2D eigenvalue weighted by Crippen LogP contribution is 2.23. The van der Waals surface area contributed by atoms with Crippen LogP contribution in [-0.2, 0) is 8.85 Å². The Labute approximate surface area is 113 Å². The van der Waals surface area contributed by atoms with E-state index >= 15 is 0 Å². The van der Waals surface area contributed by atoms with Gasteiger partial charge in [0, 0.05) is 24.7 Å². The van der Waals surface area contributed by atoms with Crippen LogP contribution in [0.15, 0.2) is 0 Å². The average molecular weight is 299 g/mol. The van der Waals surface area contributed by atoms with Crippen molar-refractivity contribution < 1.29 is 8.85 Å². The molecule has 0 amide bonds. The third-order valence-electron chi connectivity index (χ3n) is 1.98. The van der Waals surface area contributed by atoms with Crippen LogP contribution in [0.1, 0.15) is 26.7 Å². The second kappa shape index (κ2) is 14.1. The number of rotatable bonds is 12. The maximum Gasteiger partial charge on any atom is 0.161 e. The van der Waals surface area contributed by atoms with Crippen LogP contribution in [0, 0.1) is 0 Å². The molecule has 0 aliphatic rings. The second-order valence-corrected chi connectivity index (χ2v) is 9.81. The molecule has 2 nitrogen and oxygen atoms in total. The van der Waals surface area contributed by atoms with Crippen molar-refractivity contribution in [1.29, 1.82) is 0 Å². The SMILES string of the molecule is CO[SiH2]CCCSSCCC[SiH2]OC(C)C. The van der Waals surface area contributed by atoms with Gasteiger partial charge in [0.2, 0.25) is 0 Å². The summed E-state index contributed by atoms with van der Waals surface area (Å²) in [5, 5.41) is 0. The smallest absolute Gasteiger partial charge is 0.161 e. The summed E-state index contributed by atoms with van der Waals surface area (Å²) in [6.45, 7) is 4.25. The Morgan fingerprint density at radius 1 is 1.00 bits per heavy atom. The Bertz CT molecular complexity index is 140. The highest BCUT2D eigenvalue weighted by Gasteiger charge is 1.95. The van der Waals surface area contributed by atoms with Crippen molar-refractivity contribution in [3.8, 4) is 0 Å². The molecule has 16 heavy (non-hydrogen) atoms. The predicted octanol–water partition coefficient (Wildman–Crippen LogP) is 2.22. The Kier molecular flexibility index (Phi) is 15.0. The average Bonchev–Trinajstić information content (AvgIpc) is 2.25. The Balaban J connectivity index is 2.88. The van der Waals surface area contributed by atoms with E-state index in [4.69, 9.17) is 8.85 Å². The van der Waals surface area contributed by atoms with E-state index in [0.717, 1.165) is 0 Å². The molecule has 0 unspecified atom stereocenters. The van der Waals surface area contributed by atoms with Gasteiger partial charge in [-0.1, -0.05) is 21.6 Å². The summed E-state index contributed by atoms with van der Waals surface area (Å²) < 4.78 is 10.8. The quantitative estimate of drug-likeness (QED) is 0.312. The molecule has 0 aliphatic carbocycles. The minimum absolute atomic E-state index is 0.171. The monoisotopic (exact) mass is 298 g/mol. The fourth-order valence-corrected chi connectivity index (χ4v) is 5.96. The molecule has 0 saturated carbocycles. The van der Waals surface area contributed by atoms with Crippen molar-refractivity contribution in [3.05, 3.63) is 0 Å². The molecule has 6 heteroatoms. The molecular weight excluding hydrogens is 272 g/mol. The molecule has 0 saturated heterocycles. The predicted molar refractivity (Wildman–Crippen MR) is 84.1 cm³/mol. The fourth-order valence-electron chi connectivity index (χ4n) is 1.11. The zero-order valence-corrected chi connectivity index (χ0v) is 15.3. The standard InChI is InChI=1S/C10H26O2S2Si2/c1-10(2)12-16-9-5-7-14-13-6-4-8-15-11-3/h10H,4-9,15-16H2,1-3H3. The molecule has 0 heterocycles. The molecule has 0 bridgehead atoms. The van der Waals surface area contributed by atoms with Gasteiger partial charge in [-0.25, -0.2) is 0 Å². The van der Waals surface area contributed by atoms with Gasteiger partial charge < -0.3 is 8.85 Å². The summed E-state index contributed by atoms with van der Waals surface area (Å²) in [7, 11) is 5.49. The van der Waals surface area contributed by atoms with Crippen LogP contribution in [0.3, 0.4) is 0 Å². The highest BCUT2D eigenvalue weighted by molar-refractivity contribution is 8.76. The molecule has 0 aromatic rings. The zero-order chi connectivity index (χ0) is 12.1. The Morgan fingerprint density at radius 3 is 2.06 bits per heavy atom. The van der Waals surface area contributed by atoms with Crippen molar-refractivity contribution in [1.82, 2.24) is 0 Å². The molecule has 0 N–H and O–H groups in total. The minimum atomic E-state index is -0.221. The lowest BCUT2D eigenvalue weighted by Crippen LogP contribution is -2.06. The highest BCUT2D eigenvalue weighted by atomic mass is 33.1. The topological polar surface area (TPSA) is 18.5 Å². The largest absolute Gasteiger partial charge is 0.427 e. The van der Waals surface area contributed by atoms with E-state index < -0.39 is 0 Å². The van der Waals surface area contributed by atoms with Crippen LogP contribution < -0.4 is 0 Å². The third kappa shape index (κ3) is 15.1. The van der Waals surface area contributed by atoms with E-state index in [1.807, 2.05) is 28.7 Å². The van der Waals surface area contributed by atoms with Gasteiger partial charge in [-0.2, -0.15) is 0 Å². The summed E-state index contributed by atoms with van der Waals surface area (Å²) in [4.78, 5) is 0. The molecular formula is C10H26O2S2Si2. The number of hydrogen-bond donors (Lipinski definition) is 0. The second-order valence-electron chi connectivity index (χ2n) is 3.97. The van der Waals surface area contributed by atoms with Crippen LogP contribution in [0.5, 0.6) is 0 Å². The molecule has 0 rings (SSSR count). The van der Waals surface area contributed by atoms with E-state index in [1.165, 1.54) is 36.4 Å². The molecule has 0 aromatic heterocycles. The van der Waals surface area contributed by atoms with E-state index in [9.17, 15) is 0 Å². The van der Waals surface area contributed by atoms with Gasteiger partial charge in [0.1, 0.15) is 0 Å². The first-order valence-electron chi connectivity index (χ1n) is 6.12. The Hall–Kier alpha value is 1.05. The molecule has 0 aromatic carbocycles. The van der Waals surface area contributed by atoms with Crippen LogP contribution in [0.4, 0.5) is 0 Å². The van der Waals surface area contributed by atoms with Crippen LogP contribution in [0.2, 0.25) is 12.1 Å². The van der Waals surface area contributed by atoms with Crippen LogP contribution in [-0.4, -0.2) is 44.2 Å². The van der Waals surface area contributed by atoms with Crippen molar-refractivity contribution in [3.63, 3.8) is 0 Å². The number of hydrogen-bond acceptors (Lipinski definition) is 4. The van der Waals surface area contributed by atoms with Gasteiger partial charge in [-0.15, -0.1) is 0 Å². The summed E-state index contributed by atoms with van der Waals surface area (Å²) in [5.41, 5.74) is 0. The minimum Gasteiger partial charge on any atom is -0.427 e. The summed E-state index contributed by atoms with van der Waals surface area (Å²) in [6, 6.07) is 2.67. The van der Waals surface area contributed by atoms with E-state index in [0.29, 0.717) is 6.10 Å². The normalized spacial score (nSPS) is 12.8. The van der Waals surface area contributed by atoms with Gasteiger partial charge in [0.05, 0.1) is 0 Å². The Morgan fingerprint density at radius 2 is 1.56 bits per heavy atom. The molecule has 0 aliphatic heterocycles. The van der Waals surface area contributed by atoms with Crippen molar-refractivity contribution >= 4 is 41.1 Å². The van der Waals surface area contributed by atoms with E-state index in [-0.39, 0.29) is 19.5 Å². The van der Waals surface area contributed by atoms with E-state index in [1.54, 1.807) is 0 Å². The first-order chi connectivity index (χ1) is 7.77. The van der Waals surface area contributed by atoms with E-state index in [2.05, 4.69) is 13.8 Å². The lowest BCUT2D eigenvalue weighted by molar-refractivity contribution is 0.255. The summed E-state index contributed by atoms with van der Waals surface area (Å²) in [5.74, 6) is 2.59. The molecule has 98 valence electrons. The maximum absolute atomic E-state index is 5.63. The van der Waals surface area contributed by atoms with Gasteiger partial charge in [-0.3, -0.25) is 0 Å². The lowest BCUT2D eigenvalue weighted by atomic mass is 10.5. The lowest BCUT2D eigenvalue weighted by Gasteiger charge is -2.06. The zero-order valence-electron chi connectivity index (χ0n) is 10.9. The van der Waals surface area contributed by atoms with Crippen LogP contribution >= 0.6 is 21.6 Å². The van der Waals surface area contributed by atoms with Gasteiger partial charge in [0.15, 0.2) is 19.5 Å².